The van der Waals surface area contributed by atoms with E-state index in [1.54, 1.807) is 18.2 Å². The minimum atomic E-state index is -0.802. The maximum atomic E-state index is 14.8. The summed E-state index contributed by atoms with van der Waals surface area (Å²) in [5.74, 6) is -1.84. The average molecular weight is 481 g/mol. The number of ether oxygens (including phenoxy) is 1. The van der Waals surface area contributed by atoms with Crippen molar-refractivity contribution in [1.82, 2.24) is 10.6 Å². The van der Waals surface area contributed by atoms with Crippen LogP contribution in [0.5, 0.6) is 0 Å². The van der Waals surface area contributed by atoms with E-state index in [0.29, 0.717) is 31.7 Å². The van der Waals surface area contributed by atoms with Gasteiger partial charge in [-0.05, 0) is 60.3 Å². The van der Waals surface area contributed by atoms with E-state index in [4.69, 9.17) is 4.74 Å². The highest BCUT2D eigenvalue weighted by Gasteiger charge is 2.33. The summed E-state index contributed by atoms with van der Waals surface area (Å²) in [6, 6.07) is 15.4. The zero-order valence-electron chi connectivity index (χ0n) is 19.7. The number of amides is 1. The van der Waals surface area contributed by atoms with E-state index in [0.717, 1.165) is 35.7 Å². The molecule has 0 saturated heterocycles. The van der Waals surface area contributed by atoms with Crippen LogP contribution < -0.4 is 10.6 Å². The van der Waals surface area contributed by atoms with Gasteiger partial charge in [0.05, 0.1) is 17.7 Å². The van der Waals surface area contributed by atoms with Gasteiger partial charge in [0.1, 0.15) is 11.6 Å². The number of hydrogen-bond donors (Lipinski definition) is 3. The van der Waals surface area contributed by atoms with E-state index >= 15 is 0 Å². The number of aliphatic hydroxyl groups is 1. The number of aliphatic hydroxyl groups excluding tert-OH is 1. The number of hydrogen-bond acceptors (Lipinski definition) is 4. The van der Waals surface area contributed by atoms with Gasteiger partial charge in [-0.25, -0.2) is 8.78 Å². The first kappa shape index (κ1) is 25.0. The van der Waals surface area contributed by atoms with E-state index in [2.05, 4.69) is 10.6 Å². The predicted octanol–water partition coefficient (Wildman–Crippen LogP) is 4.54. The van der Waals surface area contributed by atoms with Gasteiger partial charge >= 0.3 is 0 Å². The molecule has 35 heavy (non-hydrogen) atoms. The monoisotopic (exact) mass is 480 g/mol. The molecular weight excluding hydrogens is 450 g/mol. The Balaban J connectivity index is 1.44. The maximum absolute atomic E-state index is 14.8. The number of carbonyl (C=O) groups is 1. The van der Waals surface area contributed by atoms with Gasteiger partial charge in [0.2, 0.25) is 0 Å². The van der Waals surface area contributed by atoms with Crippen molar-refractivity contribution in [1.29, 1.82) is 0 Å². The van der Waals surface area contributed by atoms with Crippen molar-refractivity contribution in [2.24, 2.45) is 0 Å². The van der Waals surface area contributed by atoms with Crippen LogP contribution in [0, 0.1) is 11.6 Å². The van der Waals surface area contributed by atoms with Crippen LogP contribution in [0.2, 0.25) is 0 Å². The third kappa shape index (κ3) is 5.93. The molecule has 1 aliphatic rings. The molecule has 4 rings (SSSR count). The second-order valence-electron chi connectivity index (χ2n) is 8.66. The number of benzene rings is 3. The zero-order chi connectivity index (χ0) is 24.8. The second kappa shape index (κ2) is 11.5. The summed E-state index contributed by atoms with van der Waals surface area (Å²) in [4.78, 5) is 12.9. The maximum Gasteiger partial charge on any atom is 0.254 e. The van der Waals surface area contributed by atoms with Crippen LogP contribution in [0.4, 0.5) is 8.78 Å². The molecule has 0 radical (unpaired) electrons. The molecule has 0 fully saturated rings. The minimum absolute atomic E-state index is 0.155. The molecule has 1 aliphatic carbocycles. The van der Waals surface area contributed by atoms with E-state index in [-0.39, 0.29) is 11.1 Å². The van der Waals surface area contributed by atoms with E-state index in [1.165, 1.54) is 18.2 Å². The molecule has 5 nitrogen and oxygen atoms in total. The molecular formula is C28H30F2N2O3. The average Bonchev–Trinajstić information content (AvgIpc) is 3.15. The van der Waals surface area contributed by atoms with Crippen molar-refractivity contribution in [3.8, 4) is 11.1 Å². The molecule has 2 atom stereocenters. The highest BCUT2D eigenvalue weighted by molar-refractivity contribution is 5.95. The van der Waals surface area contributed by atoms with Crippen LogP contribution in [0.3, 0.4) is 0 Å². The lowest BCUT2D eigenvalue weighted by Gasteiger charge is -2.19. The Hall–Kier alpha value is -3.13. The smallest absolute Gasteiger partial charge is 0.254 e. The molecule has 0 saturated carbocycles. The van der Waals surface area contributed by atoms with E-state index < -0.39 is 29.7 Å². The summed E-state index contributed by atoms with van der Waals surface area (Å²) in [6.45, 7) is 4.87. The first-order valence-corrected chi connectivity index (χ1v) is 11.9. The molecule has 7 heteroatoms. The molecule has 184 valence electrons. The molecule has 0 heterocycles. The van der Waals surface area contributed by atoms with Gasteiger partial charge in [-0.2, -0.15) is 0 Å². The highest BCUT2D eigenvalue weighted by atomic mass is 19.1. The van der Waals surface area contributed by atoms with Gasteiger partial charge in [0.25, 0.3) is 5.91 Å². The third-order valence-electron chi connectivity index (χ3n) is 6.22. The lowest BCUT2D eigenvalue weighted by Crippen LogP contribution is -2.34. The first-order valence-electron chi connectivity index (χ1n) is 11.9. The molecule has 0 aromatic heterocycles. The Morgan fingerprint density at radius 2 is 1.91 bits per heavy atom. The van der Waals surface area contributed by atoms with Crippen LogP contribution >= 0.6 is 0 Å². The highest BCUT2D eigenvalue weighted by Crippen LogP contribution is 2.33. The van der Waals surface area contributed by atoms with Crippen LogP contribution in [-0.2, 0) is 17.7 Å². The van der Waals surface area contributed by atoms with Crippen LogP contribution in [-0.4, -0.2) is 36.9 Å². The zero-order valence-corrected chi connectivity index (χ0v) is 19.7. The molecule has 0 bridgehead atoms. The summed E-state index contributed by atoms with van der Waals surface area (Å²) in [5.41, 5.74) is 3.28. The van der Waals surface area contributed by atoms with E-state index in [1.807, 2.05) is 25.1 Å². The normalized spacial score (nSPS) is 16.8. The topological polar surface area (TPSA) is 70.6 Å². The molecule has 3 N–H and O–H groups in total. The lowest BCUT2D eigenvalue weighted by atomic mass is 10.0. The summed E-state index contributed by atoms with van der Waals surface area (Å²) in [7, 11) is 0. The third-order valence-corrected chi connectivity index (χ3v) is 6.22. The summed E-state index contributed by atoms with van der Waals surface area (Å²) >= 11 is 0. The van der Waals surface area contributed by atoms with Crippen LogP contribution in [0.25, 0.3) is 11.1 Å². The Morgan fingerprint density at radius 3 is 2.69 bits per heavy atom. The first-order chi connectivity index (χ1) is 17.0. The molecule has 3 aromatic carbocycles. The standard InChI is InChI=1S/C28H30F2N2O3/c1-2-35-13-5-12-31-17-18-8-9-20-16-26(33)27(23(20)14-18)32-28(34)22-11-10-19(15-25(22)30)21-6-3-4-7-24(21)29/h3-4,6-11,14-15,26-27,31,33H,2,5,12-13,16-17H2,1H3,(H,32,34)/t26-,27-/m1/s1. The predicted molar refractivity (Wildman–Crippen MR) is 131 cm³/mol. The van der Waals surface area contributed by atoms with Gasteiger partial charge in [0, 0.05) is 31.7 Å². The van der Waals surface area contributed by atoms with Gasteiger partial charge in [0.15, 0.2) is 0 Å². The lowest BCUT2D eigenvalue weighted by molar-refractivity contribution is 0.0854. The fraction of sp³-hybridized carbons (Fsp3) is 0.321. The summed E-state index contributed by atoms with van der Waals surface area (Å²) in [6.07, 6.45) is 0.526. The van der Waals surface area contributed by atoms with Crippen molar-refractivity contribution in [2.45, 2.75) is 38.5 Å². The number of fused-ring (bicyclic) bond motifs is 1. The van der Waals surface area contributed by atoms with Gasteiger partial charge in [-0.1, -0.05) is 42.5 Å². The Bertz CT molecular complexity index is 1180. The molecule has 0 aliphatic heterocycles. The van der Waals surface area contributed by atoms with Gasteiger partial charge in [-0.15, -0.1) is 0 Å². The number of rotatable bonds is 10. The van der Waals surface area contributed by atoms with Crippen molar-refractivity contribution < 1.29 is 23.4 Å². The minimum Gasteiger partial charge on any atom is -0.390 e. The quantitative estimate of drug-likeness (QED) is 0.373. The number of halogens is 2. The fourth-order valence-corrected chi connectivity index (χ4v) is 4.41. The number of carbonyl (C=O) groups excluding carboxylic acids is 1. The second-order valence-corrected chi connectivity index (χ2v) is 8.66. The Morgan fingerprint density at radius 1 is 1.09 bits per heavy atom. The molecule has 0 unspecified atom stereocenters. The molecule has 3 aromatic rings. The SMILES string of the molecule is CCOCCCNCc1ccc2c(c1)[C@@H](NC(=O)c1ccc(-c3ccccc3F)cc1F)[C@H](O)C2. The van der Waals surface area contributed by atoms with Crippen molar-refractivity contribution in [3.63, 3.8) is 0 Å². The van der Waals surface area contributed by atoms with Crippen LogP contribution in [0.1, 0.15) is 46.4 Å². The number of nitrogens with one attached hydrogen (secondary N) is 2. The van der Waals surface area contributed by atoms with Crippen molar-refractivity contribution >= 4 is 5.91 Å². The van der Waals surface area contributed by atoms with E-state index in [9.17, 15) is 18.7 Å². The van der Waals surface area contributed by atoms with Crippen LogP contribution in [0.15, 0.2) is 60.7 Å². The largest absolute Gasteiger partial charge is 0.390 e. The molecule has 1 amide bonds. The molecule has 0 spiro atoms. The van der Waals surface area contributed by atoms with Crippen molar-refractivity contribution in [2.75, 3.05) is 19.8 Å². The summed E-state index contributed by atoms with van der Waals surface area (Å²) in [5, 5.41) is 16.8. The summed E-state index contributed by atoms with van der Waals surface area (Å²) < 4.78 is 34.2. The van der Waals surface area contributed by atoms with Gasteiger partial charge in [-0.3, -0.25) is 4.79 Å². The van der Waals surface area contributed by atoms with Crippen molar-refractivity contribution in [3.05, 3.63) is 94.6 Å². The van der Waals surface area contributed by atoms with Gasteiger partial charge < -0.3 is 20.5 Å². The Labute approximate surface area is 204 Å². The fourth-order valence-electron chi connectivity index (χ4n) is 4.41. The Kier molecular flexibility index (Phi) is 8.23.